The molecule has 0 aliphatic carbocycles. The van der Waals surface area contributed by atoms with Crippen molar-refractivity contribution in [2.24, 2.45) is 0 Å². The van der Waals surface area contributed by atoms with Crippen molar-refractivity contribution in [1.29, 1.82) is 0 Å². The number of carbonyl (C=O) groups is 1. The summed E-state index contributed by atoms with van der Waals surface area (Å²) in [6.07, 6.45) is 2.95. The number of ether oxygens (including phenoxy) is 1. The van der Waals surface area contributed by atoms with Gasteiger partial charge in [0, 0.05) is 30.9 Å². The van der Waals surface area contributed by atoms with E-state index in [0.717, 1.165) is 4.57 Å². The molecule has 0 aliphatic rings. The maximum absolute atomic E-state index is 11.9. The summed E-state index contributed by atoms with van der Waals surface area (Å²) in [5, 5.41) is 0. The van der Waals surface area contributed by atoms with Gasteiger partial charge in [-0.3, -0.25) is 9.36 Å². The molecule has 1 aromatic rings. The molecule has 0 aromatic carbocycles. The summed E-state index contributed by atoms with van der Waals surface area (Å²) in [5.41, 5.74) is -0.423. The van der Waals surface area contributed by atoms with E-state index >= 15 is 0 Å². The highest BCUT2D eigenvalue weighted by Gasteiger charge is 2.05. The number of carbonyl (C=O) groups excluding carboxylic acids is 1. The molecular formula is C12H16N2O4. The number of nitrogens with zero attached hydrogens (tertiary/aromatic N) is 2. The maximum Gasteiger partial charge on any atom is 0.333 e. The van der Waals surface area contributed by atoms with Crippen LogP contribution in [0.2, 0.25) is 0 Å². The second-order valence-corrected chi connectivity index (χ2v) is 3.71. The van der Waals surface area contributed by atoms with Gasteiger partial charge in [0.1, 0.15) is 0 Å². The number of methoxy groups -OCH3 is 1. The first-order valence-corrected chi connectivity index (χ1v) is 5.56. The number of hydrogen-bond donors (Lipinski definition) is 0. The number of allylic oxidation sites excluding steroid dienone is 1. The van der Waals surface area contributed by atoms with E-state index < -0.39 is 11.5 Å². The average Bonchev–Trinajstić information content (AvgIpc) is 2.37. The Balaban J connectivity index is 3.09. The fourth-order valence-electron chi connectivity index (χ4n) is 1.44. The van der Waals surface area contributed by atoms with Crippen LogP contribution in [0, 0.1) is 0 Å². The molecule has 1 aromatic heterocycles. The van der Waals surface area contributed by atoms with E-state index in [0.29, 0.717) is 12.1 Å². The van der Waals surface area contributed by atoms with Crippen LogP contribution in [-0.4, -0.2) is 22.2 Å². The Morgan fingerprint density at radius 2 is 2.11 bits per heavy atom. The number of esters is 1. The third-order valence-electron chi connectivity index (χ3n) is 2.57. The number of rotatable bonds is 4. The van der Waals surface area contributed by atoms with Gasteiger partial charge in [0.2, 0.25) is 0 Å². The minimum atomic E-state index is -0.477. The van der Waals surface area contributed by atoms with Crippen LogP contribution < -0.4 is 11.2 Å². The molecule has 0 bridgehead atoms. The predicted octanol–water partition coefficient (Wildman–Crippen LogP) is 0.149. The molecular weight excluding hydrogens is 236 g/mol. The lowest BCUT2D eigenvalue weighted by atomic mass is 10.3. The van der Waals surface area contributed by atoms with Crippen LogP contribution in [0.15, 0.2) is 33.5 Å². The summed E-state index contributed by atoms with van der Waals surface area (Å²) in [7, 11) is 1.28. The van der Waals surface area contributed by atoms with Crippen LogP contribution in [0.3, 0.4) is 0 Å². The molecule has 0 radical (unpaired) electrons. The molecule has 0 unspecified atom stereocenters. The van der Waals surface area contributed by atoms with Crippen molar-refractivity contribution >= 4 is 5.97 Å². The second-order valence-electron chi connectivity index (χ2n) is 3.71. The van der Waals surface area contributed by atoms with Gasteiger partial charge in [-0.1, -0.05) is 6.08 Å². The van der Waals surface area contributed by atoms with Gasteiger partial charge in [0.15, 0.2) is 0 Å². The summed E-state index contributed by atoms with van der Waals surface area (Å²) >= 11 is 0. The highest BCUT2D eigenvalue weighted by Crippen LogP contribution is 1.95. The van der Waals surface area contributed by atoms with Crippen molar-refractivity contribution < 1.29 is 9.53 Å². The van der Waals surface area contributed by atoms with Crippen LogP contribution in [-0.2, 0) is 22.6 Å². The molecule has 0 aliphatic heterocycles. The lowest BCUT2D eigenvalue weighted by Gasteiger charge is -2.06. The van der Waals surface area contributed by atoms with Crippen LogP contribution in [0.1, 0.15) is 13.8 Å². The normalized spacial score (nSPS) is 11.4. The first kappa shape index (κ1) is 14.0. The molecule has 6 nitrogen and oxygen atoms in total. The van der Waals surface area contributed by atoms with Crippen LogP contribution in [0.25, 0.3) is 0 Å². The summed E-state index contributed by atoms with van der Waals surface area (Å²) in [6.45, 7) is 3.92. The Morgan fingerprint density at radius 1 is 1.44 bits per heavy atom. The number of aryl methyl sites for hydroxylation is 1. The van der Waals surface area contributed by atoms with Crippen molar-refractivity contribution in [3.63, 3.8) is 0 Å². The molecule has 0 saturated heterocycles. The lowest BCUT2D eigenvalue weighted by molar-refractivity contribution is -0.136. The van der Waals surface area contributed by atoms with E-state index in [2.05, 4.69) is 4.74 Å². The van der Waals surface area contributed by atoms with Gasteiger partial charge in [-0.2, -0.15) is 0 Å². The fraction of sp³-hybridized carbons (Fsp3) is 0.417. The standard InChI is InChI=1S/C12H16N2O4/c1-4-13-7-6-10(15)14(12(13)17)8-5-9(2)11(16)18-3/h5-7H,4,8H2,1-3H3. The summed E-state index contributed by atoms with van der Waals surface area (Å²) in [4.78, 5) is 34.6. The van der Waals surface area contributed by atoms with Crippen LogP contribution in [0.4, 0.5) is 0 Å². The molecule has 0 N–H and O–H groups in total. The van der Waals surface area contributed by atoms with Gasteiger partial charge in [-0.05, 0) is 13.8 Å². The van der Waals surface area contributed by atoms with E-state index in [9.17, 15) is 14.4 Å². The molecule has 1 rings (SSSR count). The zero-order valence-electron chi connectivity index (χ0n) is 10.7. The van der Waals surface area contributed by atoms with Crippen molar-refractivity contribution in [2.75, 3.05) is 7.11 Å². The quantitative estimate of drug-likeness (QED) is 0.565. The summed E-state index contributed by atoms with van der Waals surface area (Å²) in [6, 6.07) is 1.33. The van der Waals surface area contributed by atoms with Gasteiger partial charge < -0.3 is 9.30 Å². The monoisotopic (exact) mass is 252 g/mol. The molecule has 6 heteroatoms. The maximum atomic E-state index is 11.9. The van der Waals surface area contributed by atoms with E-state index in [1.807, 2.05) is 6.92 Å². The predicted molar refractivity (Wildman–Crippen MR) is 66.4 cm³/mol. The van der Waals surface area contributed by atoms with E-state index in [1.54, 1.807) is 6.92 Å². The van der Waals surface area contributed by atoms with Crippen molar-refractivity contribution in [1.82, 2.24) is 9.13 Å². The average molecular weight is 252 g/mol. The van der Waals surface area contributed by atoms with Gasteiger partial charge in [0.25, 0.3) is 5.56 Å². The van der Waals surface area contributed by atoms with Gasteiger partial charge in [0.05, 0.1) is 7.11 Å². The molecule has 0 fully saturated rings. The lowest BCUT2D eigenvalue weighted by Crippen LogP contribution is -2.38. The SMILES string of the molecule is CCn1ccc(=O)n(CC=C(C)C(=O)OC)c1=O. The Hall–Kier alpha value is -2.11. The Morgan fingerprint density at radius 3 is 2.67 bits per heavy atom. The van der Waals surface area contributed by atoms with E-state index in [4.69, 9.17) is 0 Å². The van der Waals surface area contributed by atoms with Crippen LogP contribution >= 0.6 is 0 Å². The molecule has 0 saturated carbocycles. The Bertz CT molecular complexity index is 580. The third-order valence-corrected chi connectivity index (χ3v) is 2.57. The Labute approximate surface area is 104 Å². The number of aromatic nitrogens is 2. The first-order valence-electron chi connectivity index (χ1n) is 5.56. The smallest absolute Gasteiger partial charge is 0.333 e. The molecule has 0 atom stereocenters. The number of hydrogen-bond acceptors (Lipinski definition) is 4. The molecule has 0 amide bonds. The molecule has 18 heavy (non-hydrogen) atoms. The summed E-state index contributed by atoms with van der Waals surface area (Å²) in [5.74, 6) is -0.477. The van der Waals surface area contributed by atoms with E-state index in [1.165, 1.54) is 30.0 Å². The van der Waals surface area contributed by atoms with Crippen molar-refractivity contribution in [3.05, 3.63) is 44.8 Å². The van der Waals surface area contributed by atoms with E-state index in [-0.39, 0.29) is 12.2 Å². The highest BCUT2D eigenvalue weighted by atomic mass is 16.5. The minimum absolute atomic E-state index is 0.0550. The topological polar surface area (TPSA) is 70.3 Å². The van der Waals surface area contributed by atoms with Crippen molar-refractivity contribution in [2.45, 2.75) is 26.9 Å². The first-order chi connectivity index (χ1) is 8.51. The van der Waals surface area contributed by atoms with Crippen LogP contribution in [0.5, 0.6) is 0 Å². The Kier molecular flexibility index (Phi) is 4.65. The minimum Gasteiger partial charge on any atom is -0.466 e. The zero-order valence-corrected chi connectivity index (χ0v) is 10.7. The largest absolute Gasteiger partial charge is 0.466 e. The third kappa shape index (κ3) is 2.97. The molecule has 1 heterocycles. The highest BCUT2D eigenvalue weighted by molar-refractivity contribution is 5.87. The van der Waals surface area contributed by atoms with Crippen molar-refractivity contribution in [3.8, 4) is 0 Å². The summed E-state index contributed by atoms with van der Waals surface area (Å²) < 4.78 is 7.01. The second kappa shape index (κ2) is 6.00. The molecule has 98 valence electrons. The fourth-order valence-corrected chi connectivity index (χ4v) is 1.44. The molecule has 0 spiro atoms. The zero-order chi connectivity index (χ0) is 13.7. The van der Waals surface area contributed by atoms with Gasteiger partial charge in [-0.15, -0.1) is 0 Å². The van der Waals surface area contributed by atoms with Gasteiger partial charge in [-0.25, -0.2) is 9.59 Å². The van der Waals surface area contributed by atoms with Gasteiger partial charge >= 0.3 is 11.7 Å².